The minimum Gasteiger partial charge on any atom is -0.310 e. The lowest BCUT2D eigenvalue weighted by Crippen LogP contribution is -2.19. The van der Waals surface area contributed by atoms with Crippen LogP contribution in [-0.4, -0.2) is 0 Å². The third kappa shape index (κ3) is 6.33. The van der Waals surface area contributed by atoms with Crippen molar-refractivity contribution in [2.45, 2.75) is 57.8 Å². The van der Waals surface area contributed by atoms with Crippen LogP contribution in [0.3, 0.4) is 0 Å². The van der Waals surface area contributed by atoms with Crippen molar-refractivity contribution >= 4 is 38.6 Å². The molecule has 0 aliphatic heterocycles. The van der Waals surface area contributed by atoms with E-state index in [1.165, 1.54) is 122 Å². The van der Waals surface area contributed by atoms with E-state index in [1.807, 2.05) is 0 Å². The van der Waals surface area contributed by atoms with Gasteiger partial charge in [-0.1, -0.05) is 199 Å². The highest BCUT2D eigenvalue weighted by atomic mass is 15.1. The van der Waals surface area contributed by atoms with Crippen molar-refractivity contribution in [3.63, 3.8) is 0 Å². The van der Waals surface area contributed by atoms with Gasteiger partial charge >= 0.3 is 0 Å². The molecule has 1 heteroatoms. The normalized spacial score (nSPS) is 14.9. The molecule has 1 nitrogen and oxygen atoms in total. The van der Waals surface area contributed by atoms with Crippen molar-refractivity contribution in [3.8, 4) is 66.8 Å². The van der Waals surface area contributed by atoms with Crippen molar-refractivity contribution in [3.05, 3.63) is 258 Å². The third-order valence-electron chi connectivity index (χ3n) is 17.0. The molecule has 0 bridgehead atoms. The van der Waals surface area contributed by atoms with E-state index in [2.05, 4.69) is 271 Å². The van der Waals surface area contributed by atoms with Crippen LogP contribution in [0.5, 0.6) is 0 Å². The molecule has 0 N–H and O–H groups in total. The van der Waals surface area contributed by atoms with Gasteiger partial charge in [0, 0.05) is 33.3 Å². The van der Waals surface area contributed by atoms with Crippen LogP contribution in [-0.2, 0) is 16.2 Å². The van der Waals surface area contributed by atoms with Gasteiger partial charge in [0.1, 0.15) is 0 Å². The Morgan fingerprint density at radius 1 is 0.222 bits per heavy atom. The van der Waals surface area contributed by atoms with Crippen LogP contribution < -0.4 is 4.90 Å². The first-order chi connectivity index (χ1) is 34.9. The lowest BCUT2D eigenvalue weighted by atomic mass is 9.80. The highest BCUT2D eigenvalue weighted by Gasteiger charge is 2.40. The Kier molecular flexibility index (Phi) is 9.09. The largest absolute Gasteiger partial charge is 0.310 e. The lowest BCUT2D eigenvalue weighted by molar-refractivity contribution is 0.659. The van der Waals surface area contributed by atoms with E-state index in [9.17, 15) is 0 Å². The molecule has 3 aliphatic rings. The number of hydrogen-bond donors (Lipinski definition) is 0. The number of nitrogens with zero attached hydrogens (tertiary/aromatic N) is 1. The number of fused-ring (bicyclic) bond motifs is 11. The lowest BCUT2D eigenvalue weighted by Gasteiger charge is -2.31. The Hall–Kier alpha value is -8.26. The summed E-state index contributed by atoms with van der Waals surface area (Å²) in [6.45, 7) is 14.5. The standard InChI is InChI=1S/C71H55N/c1-69(2)63-38-51(44-14-8-7-9-15-44)24-30-57(63)60-33-27-54(41-66(60)69)72(55-28-34-61-58-31-25-52(39-64(58)70(3,4)67(61)42-55)49-22-20-45-16-10-12-18-47(45)36-49)56-29-35-62-59-32-26-53(40-65(59)71(5,6)68(62)43-56)50-23-21-46-17-11-13-19-48(46)37-50/h7-43H,1-6H3. The van der Waals surface area contributed by atoms with E-state index in [4.69, 9.17) is 0 Å². The van der Waals surface area contributed by atoms with Gasteiger partial charge in [-0.3, -0.25) is 0 Å². The van der Waals surface area contributed by atoms with E-state index >= 15 is 0 Å². The second-order valence-corrected chi connectivity index (χ2v) is 22.2. The fourth-order valence-electron chi connectivity index (χ4n) is 12.9. The van der Waals surface area contributed by atoms with Gasteiger partial charge in [-0.2, -0.15) is 0 Å². The van der Waals surface area contributed by atoms with Crippen molar-refractivity contribution in [1.82, 2.24) is 0 Å². The maximum absolute atomic E-state index is 2.54. The highest BCUT2D eigenvalue weighted by Crippen LogP contribution is 2.56. The van der Waals surface area contributed by atoms with Crippen LogP contribution in [0.15, 0.2) is 224 Å². The summed E-state index contributed by atoms with van der Waals surface area (Å²) in [5, 5.41) is 5.07. The summed E-state index contributed by atoms with van der Waals surface area (Å²) in [6, 6.07) is 84.9. The van der Waals surface area contributed by atoms with E-state index in [0.717, 1.165) is 17.1 Å². The summed E-state index contributed by atoms with van der Waals surface area (Å²) in [5.74, 6) is 0. The monoisotopic (exact) mass is 921 g/mol. The predicted molar refractivity (Wildman–Crippen MR) is 305 cm³/mol. The van der Waals surface area contributed by atoms with Gasteiger partial charge in [0.2, 0.25) is 0 Å². The van der Waals surface area contributed by atoms with Gasteiger partial charge in [0.05, 0.1) is 0 Å². The summed E-state index contributed by atoms with van der Waals surface area (Å²) in [6.07, 6.45) is 0. The van der Waals surface area contributed by atoms with Crippen LogP contribution >= 0.6 is 0 Å². The van der Waals surface area contributed by atoms with Crippen LogP contribution in [0.1, 0.15) is 74.9 Å². The molecule has 72 heavy (non-hydrogen) atoms. The molecule has 344 valence electrons. The zero-order valence-electron chi connectivity index (χ0n) is 41.8. The Morgan fingerprint density at radius 2 is 0.500 bits per heavy atom. The summed E-state index contributed by atoms with van der Waals surface area (Å²) in [7, 11) is 0. The zero-order valence-corrected chi connectivity index (χ0v) is 41.8. The second kappa shape index (κ2) is 15.4. The molecule has 0 heterocycles. The van der Waals surface area contributed by atoms with Crippen molar-refractivity contribution < 1.29 is 0 Å². The number of rotatable bonds is 6. The second-order valence-electron chi connectivity index (χ2n) is 22.2. The Balaban J connectivity index is 0.892. The number of benzene rings is 11. The first-order valence-electron chi connectivity index (χ1n) is 25.6. The first kappa shape index (κ1) is 42.6. The molecule has 0 aromatic heterocycles. The van der Waals surface area contributed by atoms with Gasteiger partial charge in [-0.25, -0.2) is 0 Å². The average Bonchev–Trinajstić information content (AvgIpc) is 3.89. The molecule has 0 atom stereocenters. The van der Waals surface area contributed by atoms with Gasteiger partial charge in [-0.15, -0.1) is 0 Å². The van der Waals surface area contributed by atoms with Gasteiger partial charge in [0.25, 0.3) is 0 Å². The van der Waals surface area contributed by atoms with E-state index < -0.39 is 0 Å². The van der Waals surface area contributed by atoms with Crippen molar-refractivity contribution in [1.29, 1.82) is 0 Å². The molecule has 0 unspecified atom stereocenters. The topological polar surface area (TPSA) is 3.24 Å². The molecular weight excluding hydrogens is 867 g/mol. The van der Waals surface area contributed by atoms with Crippen molar-refractivity contribution in [2.75, 3.05) is 4.90 Å². The molecule has 11 aromatic carbocycles. The Morgan fingerprint density at radius 3 is 0.875 bits per heavy atom. The predicted octanol–water partition coefficient (Wildman–Crippen LogP) is 19.4. The van der Waals surface area contributed by atoms with Crippen LogP contribution in [0.2, 0.25) is 0 Å². The maximum Gasteiger partial charge on any atom is 0.0465 e. The third-order valence-corrected chi connectivity index (χ3v) is 17.0. The highest BCUT2D eigenvalue weighted by molar-refractivity contribution is 5.94. The van der Waals surface area contributed by atoms with Crippen LogP contribution in [0.4, 0.5) is 17.1 Å². The number of anilines is 3. The molecule has 0 amide bonds. The smallest absolute Gasteiger partial charge is 0.0465 e. The minimum absolute atomic E-state index is 0.203. The zero-order chi connectivity index (χ0) is 48.7. The Bertz CT molecular complexity index is 3880. The molecule has 11 aromatic rings. The van der Waals surface area contributed by atoms with Gasteiger partial charge < -0.3 is 4.90 Å². The molecule has 14 rings (SSSR count). The van der Waals surface area contributed by atoms with E-state index in [-0.39, 0.29) is 16.2 Å². The minimum atomic E-state index is -0.221. The van der Waals surface area contributed by atoms with Crippen molar-refractivity contribution in [2.24, 2.45) is 0 Å². The van der Waals surface area contributed by atoms with Gasteiger partial charge in [-0.05, 0) is 188 Å². The maximum atomic E-state index is 2.54. The summed E-state index contributed by atoms with van der Waals surface area (Å²) in [5.41, 5.74) is 26.5. The average molecular weight is 922 g/mol. The van der Waals surface area contributed by atoms with Gasteiger partial charge in [0.15, 0.2) is 0 Å². The van der Waals surface area contributed by atoms with Crippen LogP contribution in [0.25, 0.3) is 88.3 Å². The quantitative estimate of drug-likeness (QED) is 0.161. The Labute approximate surface area is 423 Å². The molecule has 0 radical (unpaired) electrons. The first-order valence-corrected chi connectivity index (χ1v) is 25.6. The van der Waals surface area contributed by atoms with Crippen LogP contribution in [0, 0.1) is 0 Å². The molecule has 0 saturated heterocycles. The van der Waals surface area contributed by atoms with E-state index in [0.29, 0.717) is 0 Å². The van der Waals surface area contributed by atoms with E-state index in [1.54, 1.807) is 0 Å². The SMILES string of the molecule is CC1(C)c2cc(-c3ccccc3)ccc2-c2ccc(N(c3ccc4c(c3)C(C)(C)c3cc(-c5ccc6ccccc6c5)ccc3-4)c3ccc4c(c3)C(C)(C)c3cc(-c5ccc6ccccc6c5)ccc3-4)cc21. The summed E-state index contributed by atoms with van der Waals surface area (Å²) < 4.78 is 0. The molecule has 3 aliphatic carbocycles. The summed E-state index contributed by atoms with van der Waals surface area (Å²) >= 11 is 0. The molecular formula is C71H55N. The fraction of sp³-hybridized carbons (Fsp3) is 0.127. The number of hydrogen-bond acceptors (Lipinski definition) is 1. The fourth-order valence-corrected chi connectivity index (χ4v) is 12.9. The molecule has 0 saturated carbocycles. The molecule has 0 fully saturated rings. The molecule has 0 spiro atoms. The summed E-state index contributed by atoms with van der Waals surface area (Å²) in [4.78, 5) is 2.54.